The number of carbonyl (C=O) groups excluding carboxylic acids is 1. The van der Waals surface area contributed by atoms with Crippen LogP contribution in [0.3, 0.4) is 0 Å². The van der Waals surface area contributed by atoms with Crippen LogP contribution in [0.5, 0.6) is 0 Å². The Morgan fingerprint density at radius 2 is 2.12 bits per heavy atom. The Labute approximate surface area is 94.1 Å². The molecule has 2 unspecified atom stereocenters. The van der Waals surface area contributed by atoms with E-state index in [1.54, 1.807) is 0 Å². The average molecular weight is 249 g/mol. The van der Waals surface area contributed by atoms with Crippen molar-refractivity contribution in [2.45, 2.75) is 12.1 Å². The van der Waals surface area contributed by atoms with Gasteiger partial charge in [0.2, 0.25) is 13.3 Å². The van der Waals surface area contributed by atoms with Crippen molar-refractivity contribution < 1.29 is 23.8 Å². The normalized spacial score (nSPS) is 16.7. The third-order valence-electron chi connectivity index (χ3n) is 2.10. The Hall–Kier alpha value is -1.13. The third kappa shape index (κ3) is 5.09. The minimum absolute atomic E-state index is 0.0676. The van der Waals surface area contributed by atoms with Crippen LogP contribution in [0.4, 0.5) is 0 Å². The first-order chi connectivity index (χ1) is 7.33. The summed E-state index contributed by atoms with van der Waals surface area (Å²) in [6, 6.07) is 0. The van der Waals surface area contributed by atoms with E-state index in [1.807, 2.05) is 0 Å². The van der Waals surface area contributed by atoms with Gasteiger partial charge in [0.1, 0.15) is 0 Å². The summed E-state index contributed by atoms with van der Waals surface area (Å²) in [5, 5.41) is 10.9. The fraction of sp³-hybridized carbons (Fsp3) is 0.556. The van der Waals surface area contributed by atoms with Crippen LogP contribution in [0.2, 0.25) is 0 Å². The van der Waals surface area contributed by atoms with E-state index in [-0.39, 0.29) is 12.3 Å². The second kappa shape index (κ2) is 6.45. The second-order valence-corrected chi connectivity index (χ2v) is 6.08. The lowest BCUT2D eigenvalue weighted by atomic mass is 10.2. The maximum absolute atomic E-state index is 11.9. The highest BCUT2D eigenvalue weighted by Gasteiger charge is 2.28. The van der Waals surface area contributed by atoms with E-state index < -0.39 is 19.0 Å². The molecule has 16 heavy (non-hydrogen) atoms. The molecule has 0 radical (unpaired) electrons. The van der Waals surface area contributed by atoms with Crippen LogP contribution in [0, 0.1) is 0 Å². The molecule has 0 saturated heterocycles. The molecule has 0 aromatic heterocycles. The standard InChI is InChI=1S/C9H16NO5P/c1-10-8(11)6-7(4-5-9(12)13)16(3,14)15-2/h4-5,7H,6H2,1-3H3,(H,10,11)(H,12,13). The highest BCUT2D eigenvalue weighted by atomic mass is 31.2. The van der Waals surface area contributed by atoms with Crippen molar-refractivity contribution in [2.75, 3.05) is 20.8 Å². The van der Waals surface area contributed by atoms with Crippen LogP contribution >= 0.6 is 7.37 Å². The maximum atomic E-state index is 11.9. The van der Waals surface area contributed by atoms with E-state index in [9.17, 15) is 14.2 Å². The van der Waals surface area contributed by atoms with Gasteiger partial charge in [0.25, 0.3) is 0 Å². The van der Waals surface area contributed by atoms with Gasteiger partial charge >= 0.3 is 5.97 Å². The summed E-state index contributed by atoms with van der Waals surface area (Å²) in [5.74, 6) is -1.47. The number of amides is 1. The number of hydrogen-bond acceptors (Lipinski definition) is 4. The van der Waals surface area contributed by atoms with E-state index >= 15 is 0 Å². The number of carboxylic acids is 1. The SMILES string of the molecule is CNC(=O)CC(C=CC(=O)O)P(C)(=O)OC. The molecule has 0 aromatic rings. The largest absolute Gasteiger partial charge is 0.478 e. The number of carboxylic acid groups (broad SMARTS) is 1. The van der Waals surface area contributed by atoms with Crippen LogP contribution in [-0.4, -0.2) is 43.5 Å². The zero-order valence-electron chi connectivity index (χ0n) is 9.47. The van der Waals surface area contributed by atoms with Crippen molar-refractivity contribution in [3.63, 3.8) is 0 Å². The molecule has 1 amide bonds. The summed E-state index contributed by atoms with van der Waals surface area (Å²) < 4.78 is 16.7. The van der Waals surface area contributed by atoms with Crippen molar-refractivity contribution in [1.82, 2.24) is 5.32 Å². The quantitative estimate of drug-likeness (QED) is 0.533. The molecule has 0 spiro atoms. The summed E-state index contributed by atoms with van der Waals surface area (Å²) in [6.07, 6.45) is 2.02. The lowest BCUT2D eigenvalue weighted by Crippen LogP contribution is -2.23. The zero-order valence-corrected chi connectivity index (χ0v) is 10.4. The number of allylic oxidation sites excluding steroid dienone is 1. The minimum Gasteiger partial charge on any atom is -0.478 e. The number of hydrogen-bond donors (Lipinski definition) is 2. The topological polar surface area (TPSA) is 92.7 Å². The highest BCUT2D eigenvalue weighted by molar-refractivity contribution is 7.59. The van der Waals surface area contributed by atoms with Crippen molar-refractivity contribution in [1.29, 1.82) is 0 Å². The van der Waals surface area contributed by atoms with Crippen molar-refractivity contribution >= 4 is 19.2 Å². The van der Waals surface area contributed by atoms with E-state index in [0.29, 0.717) is 0 Å². The summed E-state index contributed by atoms with van der Waals surface area (Å²) in [4.78, 5) is 21.5. The second-order valence-electron chi connectivity index (χ2n) is 3.23. The first kappa shape index (κ1) is 14.9. The predicted octanol–water partition coefficient (Wildman–Crippen LogP) is 0.686. The van der Waals surface area contributed by atoms with Gasteiger partial charge in [-0.25, -0.2) is 4.79 Å². The summed E-state index contributed by atoms with van der Waals surface area (Å²) in [6.45, 7) is 1.37. The van der Waals surface area contributed by atoms with E-state index in [1.165, 1.54) is 26.9 Å². The highest BCUT2D eigenvalue weighted by Crippen LogP contribution is 2.49. The fourth-order valence-electron chi connectivity index (χ4n) is 1.01. The smallest absolute Gasteiger partial charge is 0.328 e. The molecule has 7 heteroatoms. The van der Waals surface area contributed by atoms with Crippen molar-refractivity contribution in [3.05, 3.63) is 12.2 Å². The number of aliphatic carboxylic acids is 1. The number of carbonyl (C=O) groups is 2. The van der Waals surface area contributed by atoms with Gasteiger partial charge in [-0.1, -0.05) is 6.08 Å². The molecule has 6 nitrogen and oxygen atoms in total. The van der Waals surface area contributed by atoms with Crippen LogP contribution in [-0.2, 0) is 18.7 Å². The third-order valence-corrected chi connectivity index (χ3v) is 4.38. The molecule has 0 bridgehead atoms. The van der Waals surface area contributed by atoms with Gasteiger partial charge in [-0.2, -0.15) is 0 Å². The Morgan fingerprint density at radius 1 is 1.56 bits per heavy atom. The zero-order chi connectivity index (χ0) is 12.8. The van der Waals surface area contributed by atoms with Gasteiger partial charge in [-0.05, 0) is 0 Å². The van der Waals surface area contributed by atoms with Gasteiger partial charge in [0, 0.05) is 33.3 Å². The average Bonchev–Trinajstić information content (AvgIpc) is 2.23. The van der Waals surface area contributed by atoms with Gasteiger partial charge in [0.15, 0.2) is 0 Å². The molecule has 2 N–H and O–H groups in total. The maximum Gasteiger partial charge on any atom is 0.328 e. The lowest BCUT2D eigenvalue weighted by molar-refractivity contribution is -0.131. The van der Waals surface area contributed by atoms with Gasteiger partial charge in [-0.15, -0.1) is 0 Å². The Kier molecular flexibility index (Phi) is 6.00. The molecule has 2 atom stereocenters. The predicted molar refractivity (Wildman–Crippen MR) is 59.8 cm³/mol. The van der Waals surface area contributed by atoms with Gasteiger partial charge < -0.3 is 14.9 Å². The molecule has 92 valence electrons. The summed E-state index contributed by atoms with van der Waals surface area (Å²) >= 11 is 0. The molecular weight excluding hydrogens is 233 g/mol. The van der Waals surface area contributed by atoms with E-state index in [0.717, 1.165) is 6.08 Å². The van der Waals surface area contributed by atoms with Crippen molar-refractivity contribution in [3.8, 4) is 0 Å². The first-order valence-corrected chi connectivity index (χ1v) is 6.72. The molecule has 0 saturated carbocycles. The van der Waals surface area contributed by atoms with Crippen LogP contribution < -0.4 is 5.32 Å². The molecule has 0 heterocycles. The van der Waals surface area contributed by atoms with Crippen LogP contribution in [0.15, 0.2) is 12.2 Å². The Bertz CT molecular complexity index is 339. The molecular formula is C9H16NO5P. The van der Waals surface area contributed by atoms with Gasteiger partial charge in [0.05, 0.1) is 5.66 Å². The van der Waals surface area contributed by atoms with Gasteiger partial charge in [-0.3, -0.25) is 9.36 Å². The molecule has 0 aliphatic heterocycles. The lowest BCUT2D eigenvalue weighted by Gasteiger charge is -2.18. The Balaban J connectivity index is 4.84. The Morgan fingerprint density at radius 3 is 2.50 bits per heavy atom. The van der Waals surface area contributed by atoms with E-state index in [2.05, 4.69) is 5.32 Å². The summed E-state index contributed by atoms with van der Waals surface area (Å²) in [7, 11) is -0.296. The van der Waals surface area contributed by atoms with Crippen LogP contribution in [0.25, 0.3) is 0 Å². The molecule has 0 aliphatic rings. The van der Waals surface area contributed by atoms with E-state index in [4.69, 9.17) is 9.63 Å². The molecule has 0 aliphatic carbocycles. The molecule has 0 fully saturated rings. The molecule has 0 rings (SSSR count). The van der Waals surface area contributed by atoms with Crippen LogP contribution in [0.1, 0.15) is 6.42 Å². The number of rotatable bonds is 6. The fourth-order valence-corrected chi connectivity index (χ4v) is 2.18. The van der Waals surface area contributed by atoms with Crippen molar-refractivity contribution in [2.24, 2.45) is 0 Å². The number of nitrogens with one attached hydrogen (secondary N) is 1. The monoisotopic (exact) mass is 249 g/mol. The summed E-state index contributed by atoms with van der Waals surface area (Å²) in [5.41, 5.74) is -0.728. The minimum atomic E-state index is -3.02. The molecule has 0 aromatic carbocycles. The first-order valence-electron chi connectivity index (χ1n) is 4.58.